The molecule has 0 bridgehead atoms. The van der Waals surface area contributed by atoms with E-state index in [1.807, 2.05) is 13.8 Å². The zero-order chi connectivity index (χ0) is 10.7. The largest absolute Gasteiger partial charge is 0.389 e. The van der Waals surface area contributed by atoms with Crippen LogP contribution in [0.15, 0.2) is 0 Å². The van der Waals surface area contributed by atoms with E-state index in [2.05, 4.69) is 5.10 Å². The van der Waals surface area contributed by atoms with E-state index in [9.17, 15) is 9.50 Å². The molecular weight excluding hydrogens is 183 g/mol. The lowest BCUT2D eigenvalue weighted by Crippen LogP contribution is -2.04. The molecule has 0 aliphatic carbocycles. The number of aliphatic hydroxyl groups excluding tert-OH is 1. The Morgan fingerprint density at radius 3 is 2.57 bits per heavy atom. The minimum absolute atomic E-state index is 0.331. The average Bonchev–Trinajstić information content (AvgIpc) is 2.38. The Hall–Kier alpha value is -0.900. The number of hydrogen-bond acceptors (Lipinski definition) is 2. The molecule has 1 aromatic heterocycles. The molecule has 80 valence electrons. The molecule has 0 saturated heterocycles. The van der Waals surface area contributed by atoms with Crippen molar-refractivity contribution < 1.29 is 9.50 Å². The van der Waals surface area contributed by atoms with Crippen LogP contribution in [0.25, 0.3) is 0 Å². The Balaban J connectivity index is 2.92. The number of hydrogen-bond donors (Lipinski definition) is 1. The van der Waals surface area contributed by atoms with Crippen LogP contribution in [0.2, 0.25) is 0 Å². The second-order valence-electron chi connectivity index (χ2n) is 3.53. The third-order valence-electron chi connectivity index (χ3n) is 2.36. The highest BCUT2D eigenvalue weighted by Gasteiger charge is 2.14. The van der Waals surface area contributed by atoms with Gasteiger partial charge in [-0.1, -0.05) is 0 Å². The van der Waals surface area contributed by atoms with Gasteiger partial charge in [0.15, 0.2) is 0 Å². The van der Waals surface area contributed by atoms with Gasteiger partial charge < -0.3 is 5.11 Å². The van der Waals surface area contributed by atoms with Crippen LogP contribution in [0.5, 0.6) is 0 Å². The quantitative estimate of drug-likeness (QED) is 0.806. The van der Waals surface area contributed by atoms with E-state index in [1.165, 1.54) is 0 Å². The number of aryl methyl sites for hydroxylation is 2. The van der Waals surface area contributed by atoms with Crippen molar-refractivity contribution in [1.82, 2.24) is 9.78 Å². The van der Waals surface area contributed by atoms with E-state index in [0.717, 1.165) is 17.0 Å². The number of rotatable bonds is 4. The molecule has 4 heteroatoms. The van der Waals surface area contributed by atoms with Gasteiger partial charge in [-0.15, -0.1) is 0 Å². The minimum atomic E-state index is -0.505. The Morgan fingerprint density at radius 2 is 2.14 bits per heavy atom. The summed E-state index contributed by atoms with van der Waals surface area (Å²) in [6.45, 7) is 5.73. The second kappa shape index (κ2) is 4.55. The highest BCUT2D eigenvalue weighted by Crippen LogP contribution is 2.20. The normalized spacial score (nSPS) is 13.2. The summed E-state index contributed by atoms with van der Waals surface area (Å²) in [5, 5.41) is 13.8. The maximum Gasteiger partial charge on any atom is 0.0912 e. The number of halogens is 1. The van der Waals surface area contributed by atoms with Gasteiger partial charge in [-0.3, -0.25) is 9.07 Å². The van der Waals surface area contributed by atoms with Gasteiger partial charge in [0.25, 0.3) is 0 Å². The monoisotopic (exact) mass is 200 g/mol. The summed E-state index contributed by atoms with van der Waals surface area (Å²) in [7, 11) is 0. The van der Waals surface area contributed by atoms with Crippen molar-refractivity contribution in [3.8, 4) is 0 Å². The summed E-state index contributed by atoms with van der Waals surface area (Å²) in [6, 6.07) is 0. The lowest BCUT2D eigenvalue weighted by Gasteiger charge is -2.05. The van der Waals surface area contributed by atoms with Crippen molar-refractivity contribution in [1.29, 1.82) is 0 Å². The molecule has 0 aliphatic rings. The fourth-order valence-corrected chi connectivity index (χ4v) is 1.74. The first-order valence-electron chi connectivity index (χ1n) is 4.85. The first-order valence-corrected chi connectivity index (χ1v) is 4.85. The van der Waals surface area contributed by atoms with Gasteiger partial charge in [-0.25, -0.2) is 0 Å². The summed E-state index contributed by atoms with van der Waals surface area (Å²) in [5.74, 6) is 0. The fourth-order valence-electron chi connectivity index (χ4n) is 1.74. The van der Waals surface area contributed by atoms with Gasteiger partial charge in [0.1, 0.15) is 0 Å². The molecule has 1 atom stereocenters. The molecule has 14 heavy (non-hydrogen) atoms. The molecule has 0 radical (unpaired) electrons. The zero-order valence-electron chi connectivity index (χ0n) is 8.92. The molecule has 0 aromatic carbocycles. The molecule has 1 rings (SSSR count). The average molecular weight is 200 g/mol. The number of aromatic nitrogens is 2. The highest BCUT2D eigenvalue weighted by atomic mass is 19.1. The van der Waals surface area contributed by atoms with Crippen molar-refractivity contribution in [2.45, 2.75) is 39.8 Å². The predicted octanol–water partition coefficient (Wildman–Crippen LogP) is 1.91. The van der Waals surface area contributed by atoms with Gasteiger partial charge >= 0.3 is 0 Å². The predicted molar refractivity (Wildman–Crippen MR) is 52.9 cm³/mol. The lowest BCUT2D eigenvalue weighted by molar-refractivity contribution is 0.197. The summed E-state index contributed by atoms with van der Waals surface area (Å²) in [4.78, 5) is 0. The third-order valence-corrected chi connectivity index (χ3v) is 2.36. The van der Waals surface area contributed by atoms with E-state index < -0.39 is 6.10 Å². The Bertz CT molecular complexity index is 307. The molecule has 1 unspecified atom stereocenters. The third kappa shape index (κ3) is 2.12. The van der Waals surface area contributed by atoms with E-state index in [4.69, 9.17) is 0 Å². The molecule has 0 spiro atoms. The van der Waals surface area contributed by atoms with Crippen molar-refractivity contribution in [3.63, 3.8) is 0 Å². The molecule has 0 saturated carbocycles. The van der Waals surface area contributed by atoms with Gasteiger partial charge in [0, 0.05) is 17.8 Å². The summed E-state index contributed by atoms with van der Waals surface area (Å²) in [6.07, 6.45) is -0.0320. The molecule has 1 heterocycles. The van der Waals surface area contributed by atoms with Crippen molar-refractivity contribution >= 4 is 0 Å². The van der Waals surface area contributed by atoms with Crippen LogP contribution in [0.4, 0.5) is 4.39 Å². The molecule has 1 aromatic rings. The number of alkyl halides is 1. The van der Waals surface area contributed by atoms with Gasteiger partial charge in [-0.2, -0.15) is 5.10 Å². The van der Waals surface area contributed by atoms with Crippen molar-refractivity contribution in [2.24, 2.45) is 0 Å². The van der Waals surface area contributed by atoms with Crippen LogP contribution in [0, 0.1) is 13.8 Å². The molecular formula is C10H17FN2O. The summed E-state index contributed by atoms with van der Waals surface area (Å²) < 4.78 is 13.7. The van der Waals surface area contributed by atoms with Crippen LogP contribution in [-0.4, -0.2) is 21.6 Å². The Labute approximate surface area is 83.6 Å². The van der Waals surface area contributed by atoms with Crippen molar-refractivity contribution in [2.75, 3.05) is 6.67 Å². The highest BCUT2D eigenvalue weighted by molar-refractivity contribution is 5.26. The molecule has 0 aliphatic heterocycles. The standard InChI is InChI=1S/C10H17FN2O/c1-7-10(9(3)14)8(2)13(12-7)6-4-5-11/h9,14H,4-6H2,1-3H3. The Kier molecular flexibility index (Phi) is 3.63. The molecule has 0 fully saturated rings. The molecule has 3 nitrogen and oxygen atoms in total. The second-order valence-corrected chi connectivity index (χ2v) is 3.53. The Morgan fingerprint density at radius 1 is 1.50 bits per heavy atom. The summed E-state index contributed by atoms with van der Waals surface area (Å²) in [5.41, 5.74) is 2.63. The van der Waals surface area contributed by atoms with Crippen molar-refractivity contribution in [3.05, 3.63) is 17.0 Å². The topological polar surface area (TPSA) is 38.0 Å². The van der Waals surface area contributed by atoms with E-state index >= 15 is 0 Å². The summed E-state index contributed by atoms with van der Waals surface area (Å²) >= 11 is 0. The van der Waals surface area contributed by atoms with E-state index in [-0.39, 0.29) is 6.67 Å². The minimum Gasteiger partial charge on any atom is -0.389 e. The SMILES string of the molecule is Cc1nn(CCCF)c(C)c1C(C)O. The van der Waals surface area contributed by atoms with Gasteiger partial charge in [0.05, 0.1) is 18.5 Å². The fraction of sp³-hybridized carbons (Fsp3) is 0.700. The van der Waals surface area contributed by atoms with Crippen LogP contribution in [-0.2, 0) is 6.54 Å². The van der Waals surface area contributed by atoms with Gasteiger partial charge in [0.2, 0.25) is 0 Å². The first kappa shape index (κ1) is 11.2. The molecule has 1 N–H and O–H groups in total. The van der Waals surface area contributed by atoms with Crippen LogP contribution in [0.3, 0.4) is 0 Å². The number of nitrogens with zero attached hydrogens (tertiary/aromatic N) is 2. The maximum absolute atomic E-state index is 12.0. The molecule has 0 amide bonds. The zero-order valence-corrected chi connectivity index (χ0v) is 8.92. The van der Waals surface area contributed by atoms with Crippen LogP contribution < -0.4 is 0 Å². The smallest absolute Gasteiger partial charge is 0.0912 e. The van der Waals surface area contributed by atoms with Crippen LogP contribution >= 0.6 is 0 Å². The van der Waals surface area contributed by atoms with Gasteiger partial charge in [-0.05, 0) is 27.2 Å². The van der Waals surface area contributed by atoms with E-state index in [1.54, 1.807) is 11.6 Å². The first-order chi connectivity index (χ1) is 6.57. The lowest BCUT2D eigenvalue weighted by atomic mass is 10.1. The van der Waals surface area contributed by atoms with Crippen LogP contribution in [0.1, 0.15) is 36.4 Å². The maximum atomic E-state index is 12.0. The van der Waals surface area contributed by atoms with E-state index in [0.29, 0.717) is 13.0 Å². The number of aliphatic hydroxyl groups is 1.